The van der Waals surface area contributed by atoms with Gasteiger partial charge >= 0.3 is 5.97 Å². The number of ether oxygens (including phenoxy) is 2. The Morgan fingerprint density at radius 1 is 1.42 bits per heavy atom. The summed E-state index contributed by atoms with van der Waals surface area (Å²) in [4.78, 5) is 14.0. The molecule has 114 valence electrons. The van der Waals surface area contributed by atoms with Crippen molar-refractivity contribution >= 4 is 5.97 Å². The molecule has 5 nitrogen and oxygen atoms in total. The third kappa shape index (κ3) is 6.89. The van der Waals surface area contributed by atoms with Gasteiger partial charge in [-0.1, -0.05) is 6.92 Å². The normalized spacial score (nSPS) is 16.2. The Balaban J connectivity index is 4.14. The minimum absolute atomic E-state index is 0.317. The Labute approximate surface area is 117 Å². The first-order valence-electron chi connectivity index (χ1n) is 7.08. The van der Waals surface area contributed by atoms with Gasteiger partial charge in [0.2, 0.25) is 0 Å². The van der Waals surface area contributed by atoms with Crippen molar-refractivity contribution in [2.24, 2.45) is 5.73 Å². The van der Waals surface area contributed by atoms with Crippen LogP contribution < -0.4 is 5.73 Å². The number of likely N-dealkylation sites (N-methyl/N-ethyl adjacent to an activating group) is 1. The van der Waals surface area contributed by atoms with Gasteiger partial charge in [0.25, 0.3) is 0 Å². The third-order valence-electron chi connectivity index (χ3n) is 3.32. The lowest BCUT2D eigenvalue weighted by Gasteiger charge is -2.29. The molecule has 2 atom stereocenters. The topological polar surface area (TPSA) is 64.8 Å². The number of methoxy groups -OCH3 is 1. The number of esters is 1. The van der Waals surface area contributed by atoms with Crippen molar-refractivity contribution in [2.45, 2.75) is 52.1 Å². The van der Waals surface area contributed by atoms with Gasteiger partial charge in [0, 0.05) is 13.2 Å². The van der Waals surface area contributed by atoms with Crippen molar-refractivity contribution in [3.63, 3.8) is 0 Å². The second-order valence-electron chi connectivity index (χ2n) is 5.17. The number of carbonyl (C=O) groups excluding carboxylic acids is 1. The lowest BCUT2D eigenvalue weighted by molar-refractivity contribution is -0.149. The maximum atomic E-state index is 11.7. The van der Waals surface area contributed by atoms with Gasteiger partial charge in [-0.15, -0.1) is 0 Å². The number of carbonyl (C=O) groups is 1. The number of nitrogens with two attached hydrogens (primary N) is 1. The first-order chi connectivity index (χ1) is 8.88. The summed E-state index contributed by atoms with van der Waals surface area (Å²) in [5, 5.41) is 0. The molecule has 0 aliphatic heterocycles. The predicted molar refractivity (Wildman–Crippen MR) is 77.0 cm³/mol. The van der Waals surface area contributed by atoms with Gasteiger partial charge in [-0.2, -0.15) is 0 Å². The second kappa shape index (κ2) is 9.28. The molecular weight excluding hydrogens is 244 g/mol. The number of nitrogens with zero attached hydrogens (tertiary/aromatic N) is 1. The van der Waals surface area contributed by atoms with Gasteiger partial charge in [-0.25, -0.2) is 0 Å². The SMILES string of the molecule is CCOC(=O)C(C)(N)CCCN(CC)C(C)COC. The second-order valence-corrected chi connectivity index (χ2v) is 5.17. The first kappa shape index (κ1) is 18.4. The molecule has 2 unspecified atom stereocenters. The van der Waals surface area contributed by atoms with Crippen LogP contribution in [0.4, 0.5) is 0 Å². The molecule has 0 rings (SSSR count). The van der Waals surface area contributed by atoms with Gasteiger partial charge in [0.1, 0.15) is 5.54 Å². The molecular formula is C14H30N2O3. The van der Waals surface area contributed by atoms with Gasteiger partial charge in [0.05, 0.1) is 13.2 Å². The Kier molecular flexibility index (Phi) is 8.97. The maximum absolute atomic E-state index is 11.7. The van der Waals surface area contributed by atoms with E-state index in [9.17, 15) is 4.79 Å². The zero-order chi connectivity index (χ0) is 14.9. The summed E-state index contributed by atoms with van der Waals surface area (Å²) in [6.45, 7) is 10.7. The zero-order valence-corrected chi connectivity index (χ0v) is 13.1. The average molecular weight is 274 g/mol. The lowest BCUT2D eigenvalue weighted by atomic mass is 9.97. The Morgan fingerprint density at radius 3 is 2.53 bits per heavy atom. The van der Waals surface area contributed by atoms with E-state index in [1.165, 1.54) is 0 Å². The van der Waals surface area contributed by atoms with Crippen molar-refractivity contribution in [1.82, 2.24) is 4.90 Å². The molecule has 0 saturated heterocycles. The van der Waals surface area contributed by atoms with E-state index in [1.807, 2.05) is 0 Å². The van der Waals surface area contributed by atoms with Crippen LogP contribution in [0.5, 0.6) is 0 Å². The van der Waals surface area contributed by atoms with Crippen LogP contribution in [0.25, 0.3) is 0 Å². The summed E-state index contributed by atoms with van der Waals surface area (Å²) in [7, 11) is 1.71. The highest BCUT2D eigenvalue weighted by Gasteiger charge is 2.29. The molecule has 0 saturated carbocycles. The highest BCUT2D eigenvalue weighted by molar-refractivity contribution is 5.79. The number of rotatable bonds is 10. The van der Waals surface area contributed by atoms with Crippen molar-refractivity contribution in [2.75, 3.05) is 33.4 Å². The highest BCUT2D eigenvalue weighted by Crippen LogP contribution is 2.13. The van der Waals surface area contributed by atoms with Crippen LogP contribution >= 0.6 is 0 Å². The molecule has 5 heteroatoms. The monoisotopic (exact) mass is 274 g/mol. The minimum Gasteiger partial charge on any atom is -0.465 e. The fourth-order valence-electron chi connectivity index (χ4n) is 2.08. The molecule has 0 fully saturated rings. The molecule has 0 aliphatic carbocycles. The van der Waals surface area contributed by atoms with Gasteiger partial charge in [0.15, 0.2) is 0 Å². The summed E-state index contributed by atoms with van der Waals surface area (Å²) < 4.78 is 10.1. The smallest absolute Gasteiger partial charge is 0.325 e. The summed E-state index contributed by atoms with van der Waals surface area (Å²) in [6.07, 6.45) is 1.50. The van der Waals surface area contributed by atoms with Crippen molar-refractivity contribution in [3.05, 3.63) is 0 Å². The Hall–Kier alpha value is -0.650. The van der Waals surface area contributed by atoms with Crippen molar-refractivity contribution < 1.29 is 14.3 Å². The maximum Gasteiger partial charge on any atom is 0.325 e. The molecule has 0 aliphatic rings. The molecule has 0 aromatic rings. The van der Waals surface area contributed by atoms with E-state index < -0.39 is 5.54 Å². The van der Waals surface area contributed by atoms with Crippen molar-refractivity contribution in [1.29, 1.82) is 0 Å². The molecule has 19 heavy (non-hydrogen) atoms. The van der Waals surface area contributed by atoms with Crippen LogP contribution in [-0.4, -0.2) is 55.9 Å². The fourth-order valence-corrected chi connectivity index (χ4v) is 2.08. The number of hydrogen-bond acceptors (Lipinski definition) is 5. The van der Waals surface area contributed by atoms with Crippen LogP contribution in [0, 0.1) is 0 Å². The first-order valence-corrected chi connectivity index (χ1v) is 7.08. The summed E-state index contributed by atoms with van der Waals surface area (Å²) in [6, 6.07) is 0.377. The van der Waals surface area contributed by atoms with Gasteiger partial charge in [-0.05, 0) is 46.7 Å². The van der Waals surface area contributed by atoms with Crippen LogP contribution in [0.3, 0.4) is 0 Å². The van der Waals surface area contributed by atoms with Crippen LogP contribution in [0.15, 0.2) is 0 Å². The predicted octanol–water partition coefficient (Wildman–Crippen LogP) is 1.40. The molecule has 0 spiro atoms. The lowest BCUT2D eigenvalue weighted by Crippen LogP contribution is -2.47. The highest BCUT2D eigenvalue weighted by atomic mass is 16.5. The zero-order valence-electron chi connectivity index (χ0n) is 13.1. The average Bonchev–Trinajstić information content (AvgIpc) is 2.35. The Morgan fingerprint density at radius 2 is 2.05 bits per heavy atom. The van der Waals surface area contributed by atoms with E-state index in [4.69, 9.17) is 15.2 Å². The molecule has 0 heterocycles. The molecule has 0 amide bonds. The standard InChI is InChI=1S/C14H30N2O3/c1-6-16(12(3)11-18-5)10-8-9-14(4,15)13(17)19-7-2/h12H,6-11,15H2,1-5H3. The summed E-state index contributed by atoms with van der Waals surface area (Å²) in [5.41, 5.74) is 5.10. The molecule has 2 N–H and O–H groups in total. The molecule has 0 radical (unpaired) electrons. The summed E-state index contributed by atoms with van der Waals surface area (Å²) >= 11 is 0. The van der Waals surface area contributed by atoms with E-state index in [0.29, 0.717) is 25.7 Å². The van der Waals surface area contributed by atoms with Crippen LogP contribution in [0.2, 0.25) is 0 Å². The van der Waals surface area contributed by atoms with E-state index in [1.54, 1.807) is 21.0 Å². The van der Waals surface area contributed by atoms with Gasteiger partial charge < -0.3 is 15.2 Å². The number of hydrogen-bond donors (Lipinski definition) is 1. The minimum atomic E-state index is -0.889. The van der Waals surface area contributed by atoms with Crippen molar-refractivity contribution in [3.8, 4) is 0 Å². The van der Waals surface area contributed by atoms with E-state index in [-0.39, 0.29) is 5.97 Å². The van der Waals surface area contributed by atoms with E-state index in [0.717, 1.165) is 19.5 Å². The quantitative estimate of drug-likeness (QED) is 0.610. The molecule has 0 aromatic carbocycles. The fraction of sp³-hybridized carbons (Fsp3) is 0.929. The third-order valence-corrected chi connectivity index (χ3v) is 3.32. The summed E-state index contributed by atoms with van der Waals surface area (Å²) in [5.74, 6) is -0.317. The van der Waals surface area contributed by atoms with E-state index >= 15 is 0 Å². The molecule has 0 aromatic heterocycles. The van der Waals surface area contributed by atoms with E-state index in [2.05, 4.69) is 18.7 Å². The van der Waals surface area contributed by atoms with Gasteiger partial charge in [-0.3, -0.25) is 9.69 Å². The van der Waals surface area contributed by atoms with Crippen LogP contribution in [-0.2, 0) is 14.3 Å². The molecule has 0 bridgehead atoms. The Bertz CT molecular complexity index is 257. The largest absolute Gasteiger partial charge is 0.465 e. The van der Waals surface area contributed by atoms with Crippen LogP contribution in [0.1, 0.15) is 40.5 Å².